The van der Waals surface area contributed by atoms with E-state index < -0.39 is 11.2 Å². The van der Waals surface area contributed by atoms with Crippen molar-refractivity contribution in [2.75, 3.05) is 13.1 Å². The lowest BCUT2D eigenvalue weighted by atomic mass is 10.1. The number of aromatic amines is 2. The number of amides is 1. The molecule has 0 aliphatic carbocycles. The van der Waals surface area contributed by atoms with Crippen molar-refractivity contribution in [3.63, 3.8) is 0 Å². The summed E-state index contributed by atoms with van der Waals surface area (Å²) in [6.07, 6.45) is 5.68. The zero-order chi connectivity index (χ0) is 20.6. The molecule has 1 fully saturated rings. The molecule has 0 radical (unpaired) electrons. The number of hydrogen-bond acceptors (Lipinski definition) is 4. The topological polar surface area (TPSA) is 98.1 Å². The van der Waals surface area contributed by atoms with Crippen molar-refractivity contribution in [1.82, 2.24) is 20.2 Å². The Labute approximate surface area is 170 Å². The van der Waals surface area contributed by atoms with Crippen LogP contribution >= 0.6 is 0 Å². The molecule has 7 heteroatoms. The highest BCUT2D eigenvalue weighted by atomic mass is 16.2. The van der Waals surface area contributed by atoms with E-state index in [-0.39, 0.29) is 12.3 Å². The van der Waals surface area contributed by atoms with Crippen LogP contribution in [0.1, 0.15) is 54.5 Å². The van der Waals surface area contributed by atoms with Gasteiger partial charge in [0.2, 0.25) is 5.91 Å². The first kappa shape index (κ1) is 21.0. The van der Waals surface area contributed by atoms with Gasteiger partial charge in [-0.2, -0.15) is 0 Å². The lowest BCUT2D eigenvalue weighted by Gasteiger charge is -2.20. The van der Waals surface area contributed by atoms with Gasteiger partial charge >= 0.3 is 5.69 Å². The van der Waals surface area contributed by atoms with Crippen LogP contribution in [0.4, 0.5) is 0 Å². The molecule has 156 valence electrons. The van der Waals surface area contributed by atoms with Crippen LogP contribution in [0.25, 0.3) is 0 Å². The summed E-state index contributed by atoms with van der Waals surface area (Å²) in [6.45, 7) is 5.40. The largest absolute Gasteiger partial charge is 0.352 e. The second-order valence-corrected chi connectivity index (χ2v) is 7.80. The molecule has 0 atom stereocenters. The third-order valence-corrected chi connectivity index (χ3v) is 5.44. The molecular formula is C22H30N4O3. The smallest absolute Gasteiger partial charge is 0.325 e. The lowest BCUT2D eigenvalue weighted by molar-refractivity contribution is -0.121. The molecule has 2 heterocycles. The predicted octanol–water partition coefficient (Wildman–Crippen LogP) is 2.00. The van der Waals surface area contributed by atoms with Crippen LogP contribution in [0, 0.1) is 6.92 Å². The number of benzene rings is 1. The van der Waals surface area contributed by atoms with Crippen molar-refractivity contribution in [2.45, 2.75) is 58.5 Å². The van der Waals surface area contributed by atoms with Crippen LogP contribution < -0.4 is 16.6 Å². The van der Waals surface area contributed by atoms with Gasteiger partial charge in [0.15, 0.2) is 0 Å². The molecule has 0 unspecified atom stereocenters. The van der Waals surface area contributed by atoms with Gasteiger partial charge in [-0.25, -0.2) is 4.79 Å². The summed E-state index contributed by atoms with van der Waals surface area (Å²) in [4.78, 5) is 42.6. The molecule has 3 rings (SSSR count). The van der Waals surface area contributed by atoms with Gasteiger partial charge in [0.05, 0.1) is 0 Å². The second-order valence-electron chi connectivity index (χ2n) is 7.80. The Kier molecular flexibility index (Phi) is 7.41. The molecule has 1 saturated heterocycles. The maximum atomic E-state index is 12.2. The Balaban J connectivity index is 1.50. The Hall–Kier alpha value is -2.67. The lowest BCUT2D eigenvalue weighted by Crippen LogP contribution is -2.29. The van der Waals surface area contributed by atoms with Crippen molar-refractivity contribution in [2.24, 2.45) is 0 Å². The molecule has 1 amide bonds. The average molecular weight is 399 g/mol. The second kappa shape index (κ2) is 10.2. The fourth-order valence-electron chi connectivity index (χ4n) is 3.84. The molecule has 1 aliphatic rings. The number of carbonyl (C=O) groups excluding carboxylic acids is 1. The number of H-pyrrole nitrogens is 2. The average Bonchev–Trinajstić information content (AvgIpc) is 2.94. The number of nitrogens with zero attached hydrogens (tertiary/aromatic N) is 1. The molecular weight excluding hydrogens is 368 g/mol. The van der Waals surface area contributed by atoms with Crippen LogP contribution in [0.5, 0.6) is 0 Å². The van der Waals surface area contributed by atoms with E-state index in [0.29, 0.717) is 24.2 Å². The maximum Gasteiger partial charge on any atom is 0.325 e. The van der Waals surface area contributed by atoms with Crippen molar-refractivity contribution >= 4 is 5.91 Å². The number of rotatable bonds is 7. The third kappa shape index (κ3) is 6.42. The molecule has 1 aliphatic heterocycles. The zero-order valence-corrected chi connectivity index (χ0v) is 17.1. The molecule has 2 aromatic rings. The standard InChI is InChI=1S/C22H30N4O3/c1-16-19(21(28)25-22(29)24-16)9-10-20(27)23-14-17-7-6-8-18(13-17)15-26-11-4-2-3-5-12-26/h6-8,13H,2-5,9-12,14-15H2,1H3,(H,23,27)(H2,24,25,28,29). The van der Waals surface area contributed by atoms with Crippen LogP contribution in [0.15, 0.2) is 33.9 Å². The Morgan fingerprint density at radius 1 is 1.07 bits per heavy atom. The van der Waals surface area contributed by atoms with Crippen LogP contribution in [0.2, 0.25) is 0 Å². The number of carbonyl (C=O) groups is 1. The van der Waals surface area contributed by atoms with E-state index in [2.05, 4.69) is 32.3 Å². The minimum atomic E-state index is -0.527. The minimum Gasteiger partial charge on any atom is -0.352 e. The number of aryl methyl sites for hydroxylation is 1. The monoisotopic (exact) mass is 398 g/mol. The van der Waals surface area contributed by atoms with E-state index in [9.17, 15) is 14.4 Å². The quantitative estimate of drug-likeness (QED) is 0.664. The molecule has 0 bridgehead atoms. The fourth-order valence-corrected chi connectivity index (χ4v) is 3.84. The van der Waals surface area contributed by atoms with E-state index in [4.69, 9.17) is 0 Å². The highest BCUT2D eigenvalue weighted by molar-refractivity contribution is 5.76. The summed E-state index contributed by atoms with van der Waals surface area (Å²) >= 11 is 0. The van der Waals surface area contributed by atoms with Gasteiger partial charge < -0.3 is 10.3 Å². The van der Waals surface area contributed by atoms with E-state index in [1.54, 1.807) is 6.92 Å². The van der Waals surface area contributed by atoms with Crippen molar-refractivity contribution in [3.8, 4) is 0 Å². The van der Waals surface area contributed by atoms with Crippen LogP contribution in [-0.2, 0) is 24.3 Å². The molecule has 7 nitrogen and oxygen atoms in total. The normalized spacial score (nSPS) is 15.1. The van der Waals surface area contributed by atoms with Crippen molar-refractivity contribution in [1.29, 1.82) is 0 Å². The summed E-state index contributed by atoms with van der Waals surface area (Å²) in [5.41, 5.74) is 2.34. The van der Waals surface area contributed by atoms with Crippen molar-refractivity contribution in [3.05, 3.63) is 67.5 Å². The summed E-state index contributed by atoms with van der Waals surface area (Å²) < 4.78 is 0. The van der Waals surface area contributed by atoms with Crippen LogP contribution in [0.3, 0.4) is 0 Å². The molecule has 29 heavy (non-hydrogen) atoms. The first-order chi connectivity index (χ1) is 14.0. The SMILES string of the molecule is Cc1[nH]c(=O)[nH]c(=O)c1CCC(=O)NCc1cccc(CN2CCCCCC2)c1. The van der Waals surface area contributed by atoms with Crippen LogP contribution in [-0.4, -0.2) is 33.9 Å². The summed E-state index contributed by atoms with van der Waals surface area (Å²) in [5.74, 6) is -0.118. The Bertz CT molecular complexity index is 940. The summed E-state index contributed by atoms with van der Waals surface area (Å²) in [5, 5.41) is 2.92. The first-order valence-electron chi connectivity index (χ1n) is 10.4. The van der Waals surface area contributed by atoms with Gasteiger partial charge in [0.1, 0.15) is 0 Å². The van der Waals surface area contributed by atoms with Gasteiger partial charge in [0, 0.05) is 30.8 Å². The Morgan fingerprint density at radius 2 is 1.79 bits per heavy atom. The van der Waals surface area contributed by atoms with Gasteiger partial charge in [-0.05, 0) is 50.4 Å². The molecule has 3 N–H and O–H groups in total. The highest BCUT2D eigenvalue weighted by Crippen LogP contribution is 2.14. The number of nitrogens with one attached hydrogen (secondary N) is 3. The number of hydrogen-bond donors (Lipinski definition) is 3. The first-order valence-corrected chi connectivity index (χ1v) is 10.4. The number of likely N-dealkylation sites (tertiary alicyclic amines) is 1. The Morgan fingerprint density at radius 3 is 2.52 bits per heavy atom. The van der Waals surface area contributed by atoms with E-state index in [1.807, 2.05) is 12.1 Å². The summed E-state index contributed by atoms with van der Waals surface area (Å²) in [6, 6.07) is 8.35. The molecule has 0 spiro atoms. The number of aromatic nitrogens is 2. The van der Waals surface area contributed by atoms with Gasteiger partial charge in [-0.15, -0.1) is 0 Å². The molecule has 1 aromatic heterocycles. The van der Waals surface area contributed by atoms with Gasteiger partial charge in [-0.3, -0.25) is 19.5 Å². The third-order valence-electron chi connectivity index (χ3n) is 5.44. The maximum absolute atomic E-state index is 12.2. The van der Waals surface area contributed by atoms with E-state index in [0.717, 1.165) is 25.2 Å². The van der Waals surface area contributed by atoms with Crippen molar-refractivity contribution < 1.29 is 4.79 Å². The van der Waals surface area contributed by atoms with Gasteiger partial charge in [-0.1, -0.05) is 37.1 Å². The van der Waals surface area contributed by atoms with Gasteiger partial charge in [0.25, 0.3) is 5.56 Å². The highest BCUT2D eigenvalue weighted by Gasteiger charge is 2.11. The fraction of sp³-hybridized carbons (Fsp3) is 0.500. The molecule has 0 saturated carbocycles. The van der Waals surface area contributed by atoms with E-state index >= 15 is 0 Å². The predicted molar refractivity (Wildman–Crippen MR) is 113 cm³/mol. The summed E-state index contributed by atoms with van der Waals surface area (Å²) in [7, 11) is 0. The molecule has 1 aromatic carbocycles. The zero-order valence-electron chi connectivity index (χ0n) is 17.1. The minimum absolute atomic E-state index is 0.118. The van der Waals surface area contributed by atoms with E-state index in [1.165, 1.54) is 31.2 Å².